The van der Waals surface area contributed by atoms with E-state index < -0.39 is 0 Å². The maximum atomic E-state index is 8.59. The lowest BCUT2D eigenvalue weighted by molar-refractivity contribution is 0.0181. The highest BCUT2D eigenvalue weighted by Crippen LogP contribution is 2.34. The summed E-state index contributed by atoms with van der Waals surface area (Å²) in [5.41, 5.74) is 5.62. The fraction of sp³-hybridized carbons (Fsp3) is 0.889. The van der Waals surface area contributed by atoms with Crippen molar-refractivity contribution in [1.29, 1.82) is 0 Å². The Morgan fingerprint density at radius 1 is 1.54 bits per heavy atom. The molecule has 1 rings (SSSR count). The molecule has 0 saturated carbocycles. The zero-order valence-corrected chi connectivity index (χ0v) is 8.45. The monoisotopic (exact) mass is 186 g/mol. The van der Waals surface area contributed by atoms with E-state index in [0.29, 0.717) is 6.61 Å². The number of hydrogen-bond acceptors (Lipinski definition) is 3. The van der Waals surface area contributed by atoms with E-state index in [1.807, 2.05) is 0 Å². The van der Waals surface area contributed by atoms with Crippen LogP contribution in [0.4, 0.5) is 0 Å². The number of nitrogens with two attached hydrogens (primary N) is 1. The topological polar surface area (TPSA) is 67.8 Å². The van der Waals surface area contributed by atoms with Gasteiger partial charge in [0.25, 0.3) is 0 Å². The molecule has 13 heavy (non-hydrogen) atoms. The van der Waals surface area contributed by atoms with E-state index in [1.165, 1.54) is 0 Å². The highest BCUT2D eigenvalue weighted by atomic mass is 16.5. The maximum absolute atomic E-state index is 8.59. The molecule has 1 aliphatic rings. The van der Waals surface area contributed by atoms with Gasteiger partial charge in [-0.25, -0.2) is 0 Å². The number of ether oxygens (including phenoxy) is 1. The second-order valence-electron chi connectivity index (χ2n) is 4.58. The van der Waals surface area contributed by atoms with Crippen molar-refractivity contribution in [3.05, 3.63) is 0 Å². The predicted octanol–water partition coefficient (Wildman–Crippen LogP) is 1.18. The first kappa shape index (κ1) is 10.3. The lowest BCUT2D eigenvalue weighted by Gasteiger charge is -2.30. The summed E-state index contributed by atoms with van der Waals surface area (Å²) in [6, 6.07) is 0. The quantitative estimate of drug-likeness (QED) is 0.280. The van der Waals surface area contributed by atoms with E-state index in [-0.39, 0.29) is 23.3 Å². The van der Waals surface area contributed by atoms with Crippen molar-refractivity contribution in [3.63, 3.8) is 0 Å². The molecule has 0 spiro atoms. The fourth-order valence-corrected chi connectivity index (χ4v) is 1.82. The van der Waals surface area contributed by atoms with Gasteiger partial charge in [-0.2, -0.15) is 0 Å². The SMILES string of the molecule is CC(C)(C)C1OCCC1C(N)=NO. The largest absolute Gasteiger partial charge is 0.409 e. The molecule has 1 heterocycles. The highest BCUT2D eigenvalue weighted by molar-refractivity contribution is 5.83. The molecule has 4 nitrogen and oxygen atoms in total. The lowest BCUT2D eigenvalue weighted by Crippen LogP contribution is -2.38. The minimum atomic E-state index is 0.0382. The Morgan fingerprint density at radius 3 is 2.62 bits per heavy atom. The molecule has 4 heteroatoms. The van der Waals surface area contributed by atoms with Crippen molar-refractivity contribution in [2.45, 2.75) is 33.3 Å². The van der Waals surface area contributed by atoms with Crippen LogP contribution in [0.5, 0.6) is 0 Å². The third-order valence-electron chi connectivity index (χ3n) is 2.44. The van der Waals surface area contributed by atoms with Crippen LogP contribution in [0, 0.1) is 11.3 Å². The first-order chi connectivity index (χ1) is 5.96. The van der Waals surface area contributed by atoms with Crippen LogP contribution in [0.15, 0.2) is 5.16 Å². The summed E-state index contributed by atoms with van der Waals surface area (Å²) in [4.78, 5) is 0. The molecule has 2 atom stereocenters. The lowest BCUT2D eigenvalue weighted by atomic mass is 9.81. The summed E-state index contributed by atoms with van der Waals surface area (Å²) in [7, 11) is 0. The average molecular weight is 186 g/mol. The van der Waals surface area contributed by atoms with Gasteiger partial charge in [0, 0.05) is 12.5 Å². The molecule has 1 saturated heterocycles. The van der Waals surface area contributed by atoms with Crippen LogP contribution in [0.3, 0.4) is 0 Å². The smallest absolute Gasteiger partial charge is 0.144 e. The predicted molar refractivity (Wildman–Crippen MR) is 50.7 cm³/mol. The van der Waals surface area contributed by atoms with Crippen molar-refractivity contribution in [2.24, 2.45) is 22.2 Å². The Morgan fingerprint density at radius 2 is 2.15 bits per heavy atom. The molecule has 2 unspecified atom stereocenters. The van der Waals surface area contributed by atoms with Crippen molar-refractivity contribution >= 4 is 5.84 Å². The number of nitrogens with zero attached hydrogens (tertiary/aromatic N) is 1. The first-order valence-corrected chi connectivity index (χ1v) is 4.56. The summed E-state index contributed by atoms with van der Waals surface area (Å²) in [5.74, 6) is 0.349. The van der Waals surface area contributed by atoms with Gasteiger partial charge in [0.05, 0.1) is 6.10 Å². The van der Waals surface area contributed by atoms with Crippen LogP contribution in [0.25, 0.3) is 0 Å². The van der Waals surface area contributed by atoms with Gasteiger partial charge < -0.3 is 15.7 Å². The van der Waals surface area contributed by atoms with Gasteiger partial charge in [-0.3, -0.25) is 0 Å². The second-order valence-corrected chi connectivity index (χ2v) is 4.58. The molecular weight excluding hydrogens is 168 g/mol. The molecule has 76 valence electrons. The van der Waals surface area contributed by atoms with Gasteiger partial charge in [-0.05, 0) is 11.8 Å². The van der Waals surface area contributed by atoms with Crippen LogP contribution >= 0.6 is 0 Å². The summed E-state index contributed by atoms with van der Waals surface area (Å²) in [6.45, 7) is 6.99. The molecule has 0 aromatic rings. The van der Waals surface area contributed by atoms with Crippen molar-refractivity contribution in [1.82, 2.24) is 0 Å². The van der Waals surface area contributed by atoms with Crippen LogP contribution < -0.4 is 5.73 Å². The van der Waals surface area contributed by atoms with Gasteiger partial charge in [0.2, 0.25) is 0 Å². The third-order valence-corrected chi connectivity index (χ3v) is 2.44. The molecule has 0 aromatic heterocycles. The van der Waals surface area contributed by atoms with Crippen LogP contribution in [-0.4, -0.2) is 23.8 Å². The van der Waals surface area contributed by atoms with E-state index in [2.05, 4.69) is 25.9 Å². The van der Waals surface area contributed by atoms with Crippen LogP contribution in [-0.2, 0) is 4.74 Å². The van der Waals surface area contributed by atoms with Crippen LogP contribution in [0.1, 0.15) is 27.2 Å². The van der Waals surface area contributed by atoms with Gasteiger partial charge in [-0.15, -0.1) is 0 Å². The minimum absolute atomic E-state index is 0.0382. The molecule has 0 bridgehead atoms. The Kier molecular flexibility index (Phi) is 2.81. The summed E-state index contributed by atoms with van der Waals surface area (Å²) in [5, 5.41) is 11.6. The summed E-state index contributed by atoms with van der Waals surface area (Å²) < 4.78 is 5.58. The second kappa shape index (κ2) is 3.54. The van der Waals surface area contributed by atoms with Gasteiger partial charge >= 0.3 is 0 Å². The Balaban J connectivity index is 2.76. The number of hydrogen-bond donors (Lipinski definition) is 2. The van der Waals surface area contributed by atoms with Gasteiger partial charge in [0.1, 0.15) is 5.84 Å². The van der Waals surface area contributed by atoms with Crippen LogP contribution in [0.2, 0.25) is 0 Å². The van der Waals surface area contributed by atoms with E-state index in [4.69, 9.17) is 15.7 Å². The Bertz CT molecular complexity index is 208. The summed E-state index contributed by atoms with van der Waals surface area (Å²) >= 11 is 0. The van der Waals surface area contributed by atoms with Crippen molar-refractivity contribution in [3.8, 4) is 0 Å². The van der Waals surface area contributed by atoms with E-state index in [1.54, 1.807) is 0 Å². The van der Waals surface area contributed by atoms with Gasteiger partial charge in [0.15, 0.2) is 0 Å². The molecule has 1 aliphatic heterocycles. The van der Waals surface area contributed by atoms with E-state index >= 15 is 0 Å². The zero-order chi connectivity index (χ0) is 10.1. The average Bonchev–Trinajstić information content (AvgIpc) is 2.49. The normalized spacial score (nSPS) is 30.8. The zero-order valence-electron chi connectivity index (χ0n) is 8.45. The van der Waals surface area contributed by atoms with Crippen molar-refractivity contribution in [2.75, 3.05) is 6.61 Å². The standard InChI is InChI=1S/C9H18N2O2/c1-9(2,3)7-6(4-5-13-7)8(10)11-12/h6-7,12H,4-5H2,1-3H3,(H2,10,11). The molecule has 0 aromatic carbocycles. The maximum Gasteiger partial charge on any atom is 0.144 e. The van der Waals surface area contributed by atoms with E-state index in [9.17, 15) is 0 Å². The van der Waals surface area contributed by atoms with E-state index in [0.717, 1.165) is 6.42 Å². The number of amidine groups is 1. The molecule has 0 amide bonds. The first-order valence-electron chi connectivity index (χ1n) is 4.56. The fourth-order valence-electron chi connectivity index (χ4n) is 1.82. The Labute approximate surface area is 78.7 Å². The molecular formula is C9H18N2O2. The molecule has 0 radical (unpaired) electrons. The Hall–Kier alpha value is -0.770. The van der Waals surface area contributed by atoms with Gasteiger partial charge in [-0.1, -0.05) is 25.9 Å². The minimum Gasteiger partial charge on any atom is -0.409 e. The van der Waals surface area contributed by atoms with Crippen molar-refractivity contribution < 1.29 is 9.94 Å². The third kappa shape index (κ3) is 2.12. The molecule has 3 N–H and O–H groups in total. The highest BCUT2D eigenvalue weighted by Gasteiger charge is 2.39. The number of rotatable bonds is 1. The molecule has 0 aliphatic carbocycles. The summed E-state index contributed by atoms with van der Waals surface area (Å²) in [6.07, 6.45) is 0.904. The number of oxime groups is 1. The molecule has 1 fully saturated rings.